The number of carbonyl (C=O) groups is 1. The van der Waals surface area contributed by atoms with E-state index >= 15 is 0 Å². The third-order valence-electron chi connectivity index (χ3n) is 4.40. The Kier molecular flexibility index (Phi) is 8.59. The van der Waals surface area contributed by atoms with Gasteiger partial charge in [-0.05, 0) is 63.0 Å². The van der Waals surface area contributed by atoms with Gasteiger partial charge in [0.15, 0.2) is 0 Å². The average Bonchev–Trinajstić information content (AvgIpc) is 2.76. The molecule has 1 heterocycles. The molecular weight excluding hydrogens is 310 g/mol. The summed E-state index contributed by atoms with van der Waals surface area (Å²) >= 11 is 0. The van der Waals surface area contributed by atoms with Crippen molar-refractivity contribution in [1.82, 2.24) is 10.2 Å². The summed E-state index contributed by atoms with van der Waals surface area (Å²) in [6.07, 6.45) is 3.47. The first-order chi connectivity index (χ1) is 10.6. The second-order valence-electron chi connectivity index (χ2n) is 6.58. The van der Waals surface area contributed by atoms with Crippen LogP contribution in [0.4, 0.5) is 5.69 Å². The van der Waals surface area contributed by atoms with E-state index in [1.165, 1.54) is 18.4 Å². The molecule has 1 atom stereocenters. The third kappa shape index (κ3) is 6.50. The van der Waals surface area contributed by atoms with Crippen LogP contribution in [0, 0.1) is 0 Å². The maximum Gasteiger partial charge on any atom is 0.238 e. The van der Waals surface area contributed by atoms with Gasteiger partial charge in [-0.1, -0.05) is 26.0 Å². The summed E-state index contributed by atoms with van der Waals surface area (Å²) in [5.74, 6) is 0.540. The zero-order valence-corrected chi connectivity index (χ0v) is 15.3. The molecule has 1 aromatic rings. The Balaban J connectivity index is 0.00000264. The SMILES string of the molecule is CC(C)c1cccc(NC(=O)CN(C)C2CCCNCC2)c1.Cl. The zero-order valence-electron chi connectivity index (χ0n) is 14.5. The fourth-order valence-corrected chi connectivity index (χ4v) is 2.97. The lowest BCUT2D eigenvalue weighted by atomic mass is 10.0. The van der Waals surface area contributed by atoms with Crippen LogP contribution in [0.1, 0.15) is 44.6 Å². The first-order valence-electron chi connectivity index (χ1n) is 8.37. The molecule has 4 nitrogen and oxygen atoms in total. The Morgan fingerprint density at radius 3 is 2.87 bits per heavy atom. The van der Waals surface area contributed by atoms with Gasteiger partial charge in [0.25, 0.3) is 0 Å². The molecule has 130 valence electrons. The summed E-state index contributed by atoms with van der Waals surface area (Å²) in [7, 11) is 2.06. The molecule has 5 heteroatoms. The molecule has 0 aromatic heterocycles. The van der Waals surface area contributed by atoms with Crippen molar-refractivity contribution in [1.29, 1.82) is 0 Å². The predicted octanol–water partition coefficient (Wildman–Crippen LogP) is 3.24. The van der Waals surface area contributed by atoms with Gasteiger partial charge in [-0.2, -0.15) is 0 Å². The van der Waals surface area contributed by atoms with E-state index in [9.17, 15) is 4.79 Å². The highest BCUT2D eigenvalue weighted by molar-refractivity contribution is 5.92. The number of halogens is 1. The summed E-state index contributed by atoms with van der Waals surface area (Å²) in [5, 5.41) is 6.44. The number of carbonyl (C=O) groups excluding carboxylic acids is 1. The van der Waals surface area contributed by atoms with Crippen molar-refractivity contribution in [2.75, 3.05) is 32.0 Å². The largest absolute Gasteiger partial charge is 0.325 e. The normalized spacial score (nSPS) is 18.4. The van der Waals surface area contributed by atoms with Gasteiger partial charge < -0.3 is 10.6 Å². The van der Waals surface area contributed by atoms with E-state index < -0.39 is 0 Å². The molecule has 1 fully saturated rings. The Morgan fingerprint density at radius 2 is 2.13 bits per heavy atom. The topological polar surface area (TPSA) is 44.4 Å². The smallest absolute Gasteiger partial charge is 0.238 e. The van der Waals surface area contributed by atoms with Crippen LogP contribution in [-0.2, 0) is 4.79 Å². The van der Waals surface area contributed by atoms with Crippen LogP contribution >= 0.6 is 12.4 Å². The van der Waals surface area contributed by atoms with Gasteiger partial charge in [0.2, 0.25) is 5.91 Å². The summed E-state index contributed by atoms with van der Waals surface area (Å²) in [4.78, 5) is 14.5. The van der Waals surface area contributed by atoms with Crippen LogP contribution in [0.3, 0.4) is 0 Å². The molecule has 1 aromatic carbocycles. The van der Waals surface area contributed by atoms with Gasteiger partial charge >= 0.3 is 0 Å². The molecule has 1 saturated heterocycles. The molecule has 0 bridgehead atoms. The number of amides is 1. The average molecular weight is 340 g/mol. The summed E-state index contributed by atoms with van der Waals surface area (Å²) < 4.78 is 0. The van der Waals surface area contributed by atoms with E-state index in [1.807, 2.05) is 12.1 Å². The van der Waals surface area contributed by atoms with E-state index in [4.69, 9.17) is 0 Å². The Labute approximate surface area is 146 Å². The van der Waals surface area contributed by atoms with Crippen molar-refractivity contribution >= 4 is 24.0 Å². The lowest BCUT2D eigenvalue weighted by Crippen LogP contribution is -2.38. The molecule has 1 amide bonds. The van der Waals surface area contributed by atoms with Crippen LogP contribution in [-0.4, -0.2) is 43.5 Å². The first-order valence-corrected chi connectivity index (χ1v) is 8.37. The van der Waals surface area contributed by atoms with Gasteiger partial charge in [0.1, 0.15) is 0 Å². The second kappa shape index (κ2) is 9.91. The van der Waals surface area contributed by atoms with E-state index in [-0.39, 0.29) is 18.3 Å². The molecule has 0 aliphatic carbocycles. The standard InChI is InChI=1S/C18H29N3O.ClH/c1-14(2)15-6-4-7-16(12-15)20-18(22)13-21(3)17-8-5-10-19-11-9-17;/h4,6-7,12,14,17,19H,5,8-11,13H2,1-3H3,(H,20,22);1H. The van der Waals surface area contributed by atoms with Crippen molar-refractivity contribution in [2.24, 2.45) is 0 Å². The van der Waals surface area contributed by atoms with Crippen LogP contribution < -0.4 is 10.6 Å². The number of anilines is 1. The minimum Gasteiger partial charge on any atom is -0.325 e. The summed E-state index contributed by atoms with van der Waals surface area (Å²) in [6, 6.07) is 8.64. The minimum atomic E-state index is 0. The molecule has 2 rings (SSSR count). The minimum absolute atomic E-state index is 0. The van der Waals surface area contributed by atoms with Crippen LogP contribution in [0.25, 0.3) is 0 Å². The third-order valence-corrected chi connectivity index (χ3v) is 4.40. The van der Waals surface area contributed by atoms with E-state index in [2.05, 4.69) is 48.6 Å². The molecular formula is C18H30ClN3O. The van der Waals surface area contributed by atoms with E-state index in [0.29, 0.717) is 18.5 Å². The van der Waals surface area contributed by atoms with Gasteiger partial charge in [-0.15, -0.1) is 12.4 Å². The molecule has 0 radical (unpaired) electrons. The quantitative estimate of drug-likeness (QED) is 0.865. The maximum atomic E-state index is 12.3. The number of nitrogens with one attached hydrogen (secondary N) is 2. The van der Waals surface area contributed by atoms with Crippen molar-refractivity contribution in [3.63, 3.8) is 0 Å². The number of nitrogens with zero attached hydrogens (tertiary/aromatic N) is 1. The zero-order chi connectivity index (χ0) is 15.9. The number of hydrogen-bond acceptors (Lipinski definition) is 3. The summed E-state index contributed by atoms with van der Waals surface area (Å²) in [5.41, 5.74) is 2.15. The Bertz CT molecular complexity index is 485. The monoisotopic (exact) mass is 339 g/mol. The van der Waals surface area contributed by atoms with Crippen molar-refractivity contribution in [2.45, 2.75) is 45.1 Å². The number of hydrogen-bond donors (Lipinski definition) is 2. The highest BCUT2D eigenvalue weighted by atomic mass is 35.5. The molecule has 0 spiro atoms. The van der Waals surface area contributed by atoms with Gasteiger partial charge in [-0.3, -0.25) is 9.69 Å². The lowest BCUT2D eigenvalue weighted by molar-refractivity contribution is -0.117. The Morgan fingerprint density at radius 1 is 1.35 bits per heavy atom. The number of benzene rings is 1. The van der Waals surface area contributed by atoms with Crippen molar-refractivity contribution in [3.8, 4) is 0 Å². The van der Waals surface area contributed by atoms with Crippen LogP contribution in [0.15, 0.2) is 24.3 Å². The molecule has 1 aliphatic rings. The van der Waals surface area contributed by atoms with Crippen LogP contribution in [0.5, 0.6) is 0 Å². The summed E-state index contributed by atoms with van der Waals surface area (Å²) in [6.45, 7) is 6.92. The van der Waals surface area contributed by atoms with Gasteiger partial charge in [0, 0.05) is 11.7 Å². The second-order valence-corrected chi connectivity index (χ2v) is 6.58. The highest BCUT2D eigenvalue weighted by Crippen LogP contribution is 2.18. The highest BCUT2D eigenvalue weighted by Gasteiger charge is 2.18. The fourth-order valence-electron chi connectivity index (χ4n) is 2.97. The first kappa shape index (κ1) is 19.9. The molecule has 23 heavy (non-hydrogen) atoms. The lowest BCUT2D eigenvalue weighted by Gasteiger charge is -2.26. The molecule has 2 N–H and O–H groups in total. The fraction of sp³-hybridized carbons (Fsp3) is 0.611. The number of likely N-dealkylation sites (N-methyl/N-ethyl adjacent to an activating group) is 1. The van der Waals surface area contributed by atoms with Crippen molar-refractivity contribution < 1.29 is 4.79 Å². The van der Waals surface area contributed by atoms with E-state index in [1.54, 1.807) is 0 Å². The Hall–Kier alpha value is -1.10. The predicted molar refractivity (Wildman–Crippen MR) is 99.5 cm³/mol. The van der Waals surface area contributed by atoms with Gasteiger partial charge in [0.05, 0.1) is 6.54 Å². The van der Waals surface area contributed by atoms with Crippen LogP contribution in [0.2, 0.25) is 0 Å². The van der Waals surface area contributed by atoms with Gasteiger partial charge in [-0.25, -0.2) is 0 Å². The molecule has 1 unspecified atom stereocenters. The maximum absolute atomic E-state index is 12.3. The number of rotatable bonds is 5. The molecule has 0 saturated carbocycles. The molecule has 1 aliphatic heterocycles. The van der Waals surface area contributed by atoms with Crippen molar-refractivity contribution in [3.05, 3.63) is 29.8 Å². The van der Waals surface area contributed by atoms with E-state index in [0.717, 1.165) is 25.2 Å².